The molecule has 23 heavy (non-hydrogen) atoms. The van der Waals surface area contributed by atoms with Crippen LogP contribution in [0.3, 0.4) is 0 Å². The molecule has 0 spiro atoms. The van der Waals surface area contributed by atoms with Gasteiger partial charge in [0.1, 0.15) is 11.8 Å². The van der Waals surface area contributed by atoms with Crippen molar-refractivity contribution in [2.45, 2.75) is 19.9 Å². The number of nitrogens with one attached hydrogen (secondary N) is 1. The van der Waals surface area contributed by atoms with Gasteiger partial charge in [-0.3, -0.25) is 9.35 Å². The molecule has 0 aliphatic rings. The second-order valence-corrected chi connectivity index (χ2v) is 6.33. The molecular formula is C14H20N2O6S. The van der Waals surface area contributed by atoms with E-state index in [1.807, 2.05) is 13.8 Å². The second kappa shape index (κ2) is 7.93. The van der Waals surface area contributed by atoms with Crippen LogP contribution in [0, 0.1) is 0 Å². The quantitative estimate of drug-likeness (QED) is 0.590. The van der Waals surface area contributed by atoms with Crippen LogP contribution < -0.4 is 10.2 Å². The van der Waals surface area contributed by atoms with Gasteiger partial charge in [-0.25, -0.2) is 4.79 Å². The van der Waals surface area contributed by atoms with Crippen LogP contribution in [0.4, 0.5) is 5.69 Å². The first-order valence-electron chi connectivity index (χ1n) is 7.01. The van der Waals surface area contributed by atoms with E-state index in [1.165, 1.54) is 12.1 Å². The lowest BCUT2D eigenvalue weighted by Gasteiger charge is -2.21. The van der Waals surface area contributed by atoms with E-state index in [0.29, 0.717) is 0 Å². The third-order valence-corrected chi connectivity index (χ3v) is 3.99. The number of amides is 1. The first kappa shape index (κ1) is 18.9. The third-order valence-electron chi connectivity index (χ3n) is 3.24. The molecule has 9 heteroatoms. The van der Waals surface area contributed by atoms with Crippen molar-refractivity contribution in [3.63, 3.8) is 0 Å². The number of aliphatic carboxylic acids is 1. The van der Waals surface area contributed by atoms with Gasteiger partial charge < -0.3 is 15.3 Å². The van der Waals surface area contributed by atoms with E-state index < -0.39 is 33.8 Å². The molecule has 8 nitrogen and oxygen atoms in total. The summed E-state index contributed by atoms with van der Waals surface area (Å²) in [5.41, 5.74) is 1.11. The molecule has 0 aliphatic carbocycles. The van der Waals surface area contributed by atoms with Crippen molar-refractivity contribution in [1.29, 1.82) is 0 Å². The van der Waals surface area contributed by atoms with Crippen LogP contribution >= 0.6 is 0 Å². The molecule has 1 aromatic carbocycles. The Balaban J connectivity index is 2.86. The summed E-state index contributed by atoms with van der Waals surface area (Å²) in [7, 11) is -4.52. The van der Waals surface area contributed by atoms with Crippen molar-refractivity contribution < 1.29 is 27.7 Å². The number of benzene rings is 1. The molecule has 0 saturated carbocycles. The van der Waals surface area contributed by atoms with E-state index in [9.17, 15) is 18.0 Å². The van der Waals surface area contributed by atoms with Crippen LogP contribution in [0.2, 0.25) is 0 Å². The minimum atomic E-state index is -4.52. The van der Waals surface area contributed by atoms with E-state index in [4.69, 9.17) is 9.66 Å². The highest BCUT2D eigenvalue weighted by Crippen LogP contribution is 2.15. The molecule has 1 unspecified atom stereocenters. The van der Waals surface area contributed by atoms with Gasteiger partial charge in [0.05, 0.1) is 0 Å². The number of carbonyl (C=O) groups is 2. The summed E-state index contributed by atoms with van der Waals surface area (Å²) in [5.74, 6) is -3.37. The van der Waals surface area contributed by atoms with Crippen LogP contribution in [0.1, 0.15) is 24.2 Å². The Labute approximate surface area is 134 Å². The molecule has 0 aromatic heterocycles. The summed E-state index contributed by atoms with van der Waals surface area (Å²) in [4.78, 5) is 25.0. The van der Waals surface area contributed by atoms with Gasteiger partial charge in [-0.15, -0.1) is 0 Å². The standard InChI is InChI=1S/C14H20N2O6S/c1-3-16(4-2)11-7-5-10(6-8-11)13(17)15-12(14(18)19)9-23(20,21)22/h5-8,12H,3-4,9H2,1-2H3,(H,15,17)(H,18,19)(H,20,21,22). The lowest BCUT2D eigenvalue weighted by Crippen LogP contribution is -2.45. The maximum Gasteiger partial charge on any atom is 0.327 e. The number of nitrogens with zero attached hydrogens (tertiary/aromatic N) is 1. The van der Waals surface area contributed by atoms with E-state index >= 15 is 0 Å². The Morgan fingerprint density at radius 3 is 2.09 bits per heavy atom. The Hall–Kier alpha value is -2.13. The second-order valence-electron chi connectivity index (χ2n) is 4.83. The minimum absolute atomic E-state index is 0.197. The van der Waals surface area contributed by atoms with E-state index in [-0.39, 0.29) is 5.56 Å². The smallest absolute Gasteiger partial charge is 0.327 e. The number of hydrogen-bond donors (Lipinski definition) is 3. The molecule has 0 saturated heterocycles. The van der Waals surface area contributed by atoms with Gasteiger partial charge in [-0.05, 0) is 38.1 Å². The number of hydrogen-bond acceptors (Lipinski definition) is 5. The zero-order valence-electron chi connectivity index (χ0n) is 12.9. The maximum atomic E-state index is 12.0. The van der Waals surface area contributed by atoms with Gasteiger partial charge in [0.15, 0.2) is 0 Å². The van der Waals surface area contributed by atoms with Crippen LogP contribution in [-0.2, 0) is 14.9 Å². The number of carboxylic acids is 1. The predicted molar refractivity (Wildman–Crippen MR) is 85.3 cm³/mol. The molecule has 1 aromatic rings. The lowest BCUT2D eigenvalue weighted by molar-refractivity contribution is -0.138. The van der Waals surface area contributed by atoms with Crippen LogP contribution in [0.15, 0.2) is 24.3 Å². The van der Waals surface area contributed by atoms with Crippen molar-refractivity contribution >= 4 is 27.7 Å². The summed E-state index contributed by atoms with van der Waals surface area (Å²) >= 11 is 0. The molecule has 3 N–H and O–H groups in total. The fourth-order valence-electron chi connectivity index (χ4n) is 2.04. The van der Waals surface area contributed by atoms with Gasteiger partial charge in [0.25, 0.3) is 16.0 Å². The summed E-state index contributed by atoms with van der Waals surface area (Å²) in [5, 5.41) is 11.0. The van der Waals surface area contributed by atoms with Gasteiger partial charge in [0, 0.05) is 24.3 Å². The Morgan fingerprint density at radius 1 is 1.17 bits per heavy atom. The van der Waals surface area contributed by atoms with Crippen molar-refractivity contribution in [2.75, 3.05) is 23.7 Å². The molecule has 1 atom stereocenters. The average molecular weight is 344 g/mol. The molecule has 0 heterocycles. The molecule has 0 aliphatic heterocycles. The maximum absolute atomic E-state index is 12.0. The normalized spacial score (nSPS) is 12.5. The van der Waals surface area contributed by atoms with Gasteiger partial charge in [0.2, 0.25) is 0 Å². The van der Waals surface area contributed by atoms with E-state index in [1.54, 1.807) is 12.1 Å². The summed E-state index contributed by atoms with van der Waals surface area (Å²) in [6.45, 7) is 5.60. The number of carboxylic acid groups (broad SMARTS) is 1. The third kappa shape index (κ3) is 5.87. The van der Waals surface area contributed by atoms with Gasteiger partial charge >= 0.3 is 5.97 Å². The highest BCUT2D eigenvalue weighted by molar-refractivity contribution is 7.85. The van der Waals surface area contributed by atoms with Crippen LogP contribution in [-0.4, -0.2) is 54.8 Å². The van der Waals surface area contributed by atoms with E-state index in [2.05, 4.69) is 10.2 Å². The highest BCUT2D eigenvalue weighted by atomic mass is 32.2. The molecular weight excluding hydrogens is 324 g/mol. The Bertz CT molecular complexity index is 652. The SMILES string of the molecule is CCN(CC)c1ccc(C(=O)NC(CS(=O)(=O)O)C(=O)O)cc1. The number of carbonyl (C=O) groups excluding carboxylic acids is 1. The number of anilines is 1. The number of rotatable bonds is 8. The zero-order valence-corrected chi connectivity index (χ0v) is 13.7. The molecule has 128 valence electrons. The Morgan fingerprint density at radius 2 is 1.70 bits per heavy atom. The largest absolute Gasteiger partial charge is 0.480 e. The average Bonchev–Trinajstić information content (AvgIpc) is 2.47. The molecule has 0 fully saturated rings. The zero-order chi connectivity index (χ0) is 17.6. The van der Waals surface area contributed by atoms with Crippen molar-refractivity contribution in [2.24, 2.45) is 0 Å². The minimum Gasteiger partial charge on any atom is -0.480 e. The van der Waals surface area contributed by atoms with Gasteiger partial charge in [-0.1, -0.05) is 0 Å². The van der Waals surface area contributed by atoms with Crippen LogP contribution in [0.25, 0.3) is 0 Å². The molecule has 1 amide bonds. The van der Waals surface area contributed by atoms with Gasteiger partial charge in [-0.2, -0.15) is 8.42 Å². The summed E-state index contributed by atoms with van der Waals surface area (Å²) < 4.78 is 30.3. The fraction of sp³-hybridized carbons (Fsp3) is 0.429. The van der Waals surface area contributed by atoms with E-state index in [0.717, 1.165) is 18.8 Å². The molecule has 0 radical (unpaired) electrons. The summed E-state index contributed by atoms with van der Waals surface area (Å²) in [6, 6.07) is 4.77. The molecule has 0 bridgehead atoms. The first-order valence-corrected chi connectivity index (χ1v) is 8.62. The first-order chi connectivity index (χ1) is 10.7. The topological polar surface area (TPSA) is 124 Å². The van der Waals surface area contributed by atoms with Crippen LogP contribution in [0.5, 0.6) is 0 Å². The Kier molecular flexibility index (Phi) is 6.52. The predicted octanol–water partition coefficient (Wildman–Crippen LogP) is 0.604. The lowest BCUT2D eigenvalue weighted by atomic mass is 10.1. The fourth-order valence-corrected chi connectivity index (χ4v) is 2.69. The van der Waals surface area contributed by atoms with Crippen molar-refractivity contribution in [3.8, 4) is 0 Å². The summed E-state index contributed by atoms with van der Waals surface area (Å²) in [6.07, 6.45) is 0. The van der Waals surface area contributed by atoms with Crippen molar-refractivity contribution in [1.82, 2.24) is 5.32 Å². The highest BCUT2D eigenvalue weighted by Gasteiger charge is 2.26. The molecule has 1 rings (SSSR count). The monoisotopic (exact) mass is 344 g/mol. The van der Waals surface area contributed by atoms with Crippen molar-refractivity contribution in [3.05, 3.63) is 29.8 Å².